The van der Waals surface area contributed by atoms with Gasteiger partial charge in [0.25, 0.3) is 5.91 Å². The van der Waals surface area contributed by atoms with E-state index < -0.39 is 0 Å². The van der Waals surface area contributed by atoms with Crippen LogP contribution in [0.4, 0.5) is 0 Å². The molecule has 0 spiro atoms. The van der Waals surface area contributed by atoms with Gasteiger partial charge in [-0.1, -0.05) is 13.0 Å². The van der Waals surface area contributed by atoms with Gasteiger partial charge in [0.2, 0.25) is 0 Å². The van der Waals surface area contributed by atoms with Crippen LogP contribution in [-0.2, 0) is 11.2 Å². The third-order valence-corrected chi connectivity index (χ3v) is 4.15. The summed E-state index contributed by atoms with van der Waals surface area (Å²) in [6.45, 7) is 5.44. The fourth-order valence-electron chi connectivity index (χ4n) is 2.93. The van der Waals surface area contributed by atoms with Gasteiger partial charge in [0.1, 0.15) is 0 Å². The minimum absolute atomic E-state index is 0.0285. The summed E-state index contributed by atoms with van der Waals surface area (Å²) >= 11 is 0. The van der Waals surface area contributed by atoms with Gasteiger partial charge in [-0.15, -0.1) is 0 Å². The number of ether oxygens (including phenoxy) is 1. The summed E-state index contributed by atoms with van der Waals surface area (Å²) in [7, 11) is 0. The van der Waals surface area contributed by atoms with Crippen molar-refractivity contribution in [2.24, 2.45) is 0 Å². The smallest absolute Gasteiger partial charge is 0.252 e. The Labute approximate surface area is 130 Å². The average Bonchev–Trinajstić information content (AvgIpc) is 2.54. The molecule has 1 aromatic heterocycles. The number of fused-ring (bicyclic) bond motifs is 1. The zero-order chi connectivity index (χ0) is 15.5. The van der Waals surface area contributed by atoms with Crippen molar-refractivity contribution in [3.63, 3.8) is 0 Å². The lowest BCUT2D eigenvalue weighted by Crippen LogP contribution is -2.40. The number of aryl methyl sites for hydroxylation is 2. The van der Waals surface area contributed by atoms with Crippen LogP contribution in [0.5, 0.6) is 0 Å². The van der Waals surface area contributed by atoms with Gasteiger partial charge in [0, 0.05) is 17.7 Å². The lowest BCUT2D eigenvalue weighted by atomic mass is 10.0. The molecule has 116 valence electrons. The molecule has 4 heteroatoms. The van der Waals surface area contributed by atoms with Crippen LogP contribution in [0.25, 0.3) is 10.9 Å². The third kappa shape index (κ3) is 3.12. The van der Waals surface area contributed by atoms with E-state index >= 15 is 0 Å². The number of aromatic nitrogens is 1. The number of benzene rings is 1. The van der Waals surface area contributed by atoms with Crippen molar-refractivity contribution < 1.29 is 9.53 Å². The van der Waals surface area contributed by atoms with Crippen LogP contribution in [0.2, 0.25) is 0 Å². The number of hydrogen-bond acceptors (Lipinski definition) is 3. The molecule has 1 aliphatic rings. The molecule has 0 radical (unpaired) electrons. The maximum absolute atomic E-state index is 12.7. The largest absolute Gasteiger partial charge is 0.379 e. The zero-order valence-corrected chi connectivity index (χ0v) is 13.2. The maximum Gasteiger partial charge on any atom is 0.252 e. The second-order valence-corrected chi connectivity index (χ2v) is 5.90. The second kappa shape index (κ2) is 6.44. The van der Waals surface area contributed by atoms with E-state index in [0.29, 0.717) is 12.2 Å². The first-order valence-electron chi connectivity index (χ1n) is 7.96. The number of nitrogens with one attached hydrogen (secondary N) is 1. The SMILES string of the molecule is CCc1ccc2nc(C)cc(C(=O)N[C@@H]3CCCOC3)c2c1. The van der Waals surface area contributed by atoms with Crippen molar-refractivity contribution in [1.82, 2.24) is 10.3 Å². The highest BCUT2D eigenvalue weighted by Crippen LogP contribution is 2.21. The number of pyridine rings is 1. The Morgan fingerprint density at radius 2 is 2.27 bits per heavy atom. The Balaban J connectivity index is 1.95. The van der Waals surface area contributed by atoms with Gasteiger partial charge in [0.15, 0.2) is 0 Å². The molecular weight excluding hydrogens is 276 g/mol. The van der Waals surface area contributed by atoms with Crippen molar-refractivity contribution in [2.75, 3.05) is 13.2 Å². The van der Waals surface area contributed by atoms with Gasteiger partial charge < -0.3 is 10.1 Å². The van der Waals surface area contributed by atoms with E-state index in [-0.39, 0.29) is 11.9 Å². The molecule has 22 heavy (non-hydrogen) atoms. The van der Waals surface area contributed by atoms with Gasteiger partial charge in [-0.2, -0.15) is 0 Å². The van der Waals surface area contributed by atoms with Crippen molar-refractivity contribution in [3.8, 4) is 0 Å². The monoisotopic (exact) mass is 298 g/mol. The predicted molar refractivity (Wildman–Crippen MR) is 87.2 cm³/mol. The molecule has 1 amide bonds. The van der Waals surface area contributed by atoms with Gasteiger partial charge in [-0.3, -0.25) is 9.78 Å². The molecule has 3 rings (SSSR count). The number of carbonyl (C=O) groups excluding carboxylic acids is 1. The highest BCUT2D eigenvalue weighted by molar-refractivity contribution is 6.06. The van der Waals surface area contributed by atoms with Gasteiger partial charge in [-0.05, 0) is 49.9 Å². The first-order valence-corrected chi connectivity index (χ1v) is 7.96. The van der Waals surface area contributed by atoms with E-state index in [9.17, 15) is 4.79 Å². The Bertz CT molecular complexity index is 691. The first-order chi connectivity index (χ1) is 10.7. The minimum Gasteiger partial charge on any atom is -0.379 e. The molecule has 0 saturated carbocycles. The van der Waals surface area contributed by atoms with Crippen molar-refractivity contribution in [1.29, 1.82) is 0 Å². The number of carbonyl (C=O) groups is 1. The van der Waals surface area contributed by atoms with Crippen LogP contribution in [0.1, 0.15) is 41.4 Å². The third-order valence-electron chi connectivity index (χ3n) is 4.15. The standard InChI is InChI=1S/C18H22N2O2/c1-3-13-6-7-17-15(10-13)16(9-12(2)19-17)18(21)20-14-5-4-8-22-11-14/h6-7,9-10,14H,3-5,8,11H2,1-2H3,(H,20,21)/t14-/m1/s1. The van der Waals surface area contributed by atoms with E-state index in [2.05, 4.69) is 29.4 Å². The van der Waals surface area contributed by atoms with Gasteiger partial charge >= 0.3 is 0 Å². The molecule has 2 heterocycles. The minimum atomic E-state index is -0.0285. The van der Waals surface area contributed by atoms with Crippen molar-refractivity contribution in [3.05, 3.63) is 41.1 Å². The summed E-state index contributed by atoms with van der Waals surface area (Å²) in [5, 5.41) is 4.03. The molecular formula is C18H22N2O2. The lowest BCUT2D eigenvalue weighted by molar-refractivity contribution is 0.0625. The summed E-state index contributed by atoms with van der Waals surface area (Å²) in [6, 6.07) is 8.14. The van der Waals surface area contributed by atoms with Gasteiger partial charge in [0.05, 0.1) is 23.7 Å². The van der Waals surface area contributed by atoms with E-state index in [4.69, 9.17) is 4.74 Å². The number of amides is 1. The molecule has 1 saturated heterocycles. The van der Waals surface area contributed by atoms with Crippen LogP contribution in [0.3, 0.4) is 0 Å². The van der Waals surface area contributed by atoms with Crippen molar-refractivity contribution in [2.45, 2.75) is 39.2 Å². The predicted octanol–water partition coefficient (Wildman–Crippen LogP) is 3.01. The Hall–Kier alpha value is -1.94. The average molecular weight is 298 g/mol. The fraction of sp³-hybridized carbons (Fsp3) is 0.444. The van der Waals surface area contributed by atoms with Crippen LogP contribution in [0.15, 0.2) is 24.3 Å². The van der Waals surface area contributed by atoms with Gasteiger partial charge in [-0.25, -0.2) is 0 Å². The van der Waals surface area contributed by atoms with Crippen LogP contribution < -0.4 is 5.32 Å². The first kappa shape index (κ1) is 15.0. The Morgan fingerprint density at radius 1 is 1.41 bits per heavy atom. The molecule has 2 aromatic rings. The highest BCUT2D eigenvalue weighted by atomic mass is 16.5. The quantitative estimate of drug-likeness (QED) is 0.947. The Kier molecular flexibility index (Phi) is 4.39. The number of nitrogens with zero attached hydrogens (tertiary/aromatic N) is 1. The summed E-state index contributed by atoms with van der Waals surface area (Å²) in [4.78, 5) is 17.2. The van der Waals surface area contributed by atoms with E-state index in [1.807, 2.05) is 19.1 Å². The normalized spacial score (nSPS) is 18.4. The molecule has 1 aliphatic heterocycles. The van der Waals surface area contributed by atoms with Crippen LogP contribution in [-0.4, -0.2) is 30.1 Å². The summed E-state index contributed by atoms with van der Waals surface area (Å²) in [5.41, 5.74) is 3.67. The Morgan fingerprint density at radius 3 is 3.00 bits per heavy atom. The zero-order valence-electron chi connectivity index (χ0n) is 13.2. The molecule has 0 unspecified atom stereocenters. The summed E-state index contributed by atoms with van der Waals surface area (Å²) < 4.78 is 5.44. The fourth-order valence-corrected chi connectivity index (χ4v) is 2.93. The highest BCUT2D eigenvalue weighted by Gasteiger charge is 2.19. The molecule has 0 bridgehead atoms. The van der Waals surface area contributed by atoms with Crippen LogP contribution >= 0.6 is 0 Å². The molecule has 4 nitrogen and oxygen atoms in total. The topological polar surface area (TPSA) is 51.2 Å². The summed E-state index contributed by atoms with van der Waals surface area (Å²) in [6.07, 6.45) is 2.93. The van der Waals surface area contributed by atoms with Crippen LogP contribution in [0, 0.1) is 6.92 Å². The molecule has 0 aliphatic carbocycles. The maximum atomic E-state index is 12.7. The van der Waals surface area contributed by atoms with E-state index in [0.717, 1.165) is 42.5 Å². The molecule has 1 aromatic carbocycles. The lowest BCUT2D eigenvalue weighted by Gasteiger charge is -2.23. The number of rotatable bonds is 3. The second-order valence-electron chi connectivity index (χ2n) is 5.90. The molecule has 1 N–H and O–H groups in total. The summed E-state index contributed by atoms with van der Waals surface area (Å²) in [5.74, 6) is -0.0285. The molecule has 1 atom stereocenters. The van der Waals surface area contributed by atoms with E-state index in [1.54, 1.807) is 0 Å². The van der Waals surface area contributed by atoms with Crippen molar-refractivity contribution >= 4 is 16.8 Å². The van der Waals surface area contributed by atoms with E-state index in [1.165, 1.54) is 5.56 Å². The number of hydrogen-bond donors (Lipinski definition) is 1. The molecule has 1 fully saturated rings.